The highest BCUT2D eigenvalue weighted by Gasteiger charge is 2.22. The number of hydrogen-bond acceptors (Lipinski definition) is 4. The molecule has 1 amide bonds. The molecule has 0 aromatic heterocycles. The number of carbonyl (C=O) groups excluding carboxylic acids is 1. The van der Waals surface area contributed by atoms with Crippen LogP contribution in [-0.2, 0) is 10.0 Å². The number of rotatable bonds is 6. The summed E-state index contributed by atoms with van der Waals surface area (Å²) in [6.45, 7) is 0. The Morgan fingerprint density at radius 2 is 1.69 bits per heavy atom. The molecule has 0 spiro atoms. The maximum atomic E-state index is 12.9. The minimum Gasteiger partial charge on any atom is -0.497 e. The number of amides is 1. The molecule has 0 bridgehead atoms. The summed E-state index contributed by atoms with van der Waals surface area (Å²) in [5.41, 5.74) is 1.13. The molecule has 0 radical (unpaired) electrons. The van der Waals surface area contributed by atoms with Crippen molar-refractivity contribution < 1.29 is 17.9 Å². The van der Waals surface area contributed by atoms with Crippen LogP contribution in [0.2, 0.25) is 5.02 Å². The molecule has 0 aliphatic rings. The van der Waals surface area contributed by atoms with Gasteiger partial charge in [-0.05, 0) is 54.6 Å². The van der Waals surface area contributed by atoms with Crippen LogP contribution in [-0.4, -0.2) is 28.5 Å². The van der Waals surface area contributed by atoms with Crippen molar-refractivity contribution in [2.45, 2.75) is 4.90 Å². The van der Waals surface area contributed by atoms with Gasteiger partial charge in [-0.2, -0.15) is 0 Å². The van der Waals surface area contributed by atoms with E-state index in [-0.39, 0.29) is 4.90 Å². The van der Waals surface area contributed by atoms with Crippen molar-refractivity contribution in [1.29, 1.82) is 0 Å². The number of hydrogen-bond donors (Lipinski definition) is 1. The Kier molecular flexibility index (Phi) is 6.10. The predicted octanol–water partition coefficient (Wildman–Crippen LogP) is 4.43. The molecule has 0 unspecified atom stereocenters. The zero-order chi connectivity index (χ0) is 21.0. The second-order valence-electron chi connectivity index (χ2n) is 6.13. The van der Waals surface area contributed by atoms with Crippen molar-refractivity contribution >= 4 is 38.9 Å². The smallest absolute Gasteiger partial charge is 0.264 e. The van der Waals surface area contributed by atoms with E-state index in [1.54, 1.807) is 54.6 Å². The van der Waals surface area contributed by atoms with E-state index in [9.17, 15) is 13.2 Å². The molecule has 1 N–H and O–H groups in total. The van der Waals surface area contributed by atoms with Crippen molar-refractivity contribution in [3.05, 3.63) is 83.4 Å². The summed E-state index contributed by atoms with van der Waals surface area (Å²) in [7, 11) is -0.856. The Morgan fingerprint density at radius 1 is 1.00 bits per heavy atom. The number of nitrogens with one attached hydrogen (secondary N) is 1. The largest absolute Gasteiger partial charge is 0.497 e. The summed E-state index contributed by atoms with van der Waals surface area (Å²) < 4.78 is 32.0. The van der Waals surface area contributed by atoms with Crippen LogP contribution in [0, 0.1) is 0 Å². The van der Waals surface area contributed by atoms with Gasteiger partial charge in [0.15, 0.2) is 0 Å². The van der Waals surface area contributed by atoms with E-state index < -0.39 is 15.9 Å². The monoisotopic (exact) mass is 430 g/mol. The highest BCUT2D eigenvalue weighted by atomic mass is 35.5. The van der Waals surface area contributed by atoms with Crippen molar-refractivity contribution in [1.82, 2.24) is 0 Å². The van der Waals surface area contributed by atoms with Crippen molar-refractivity contribution in [2.75, 3.05) is 23.8 Å². The molecule has 0 saturated carbocycles. The van der Waals surface area contributed by atoms with Crippen LogP contribution in [0.4, 0.5) is 11.4 Å². The average Bonchev–Trinajstić information content (AvgIpc) is 2.75. The molecule has 8 heteroatoms. The Bertz CT molecular complexity index is 1130. The molecule has 29 heavy (non-hydrogen) atoms. The minimum atomic E-state index is -3.80. The lowest BCUT2D eigenvalue weighted by molar-refractivity contribution is 0.102. The van der Waals surface area contributed by atoms with Gasteiger partial charge in [-0.3, -0.25) is 9.10 Å². The first-order valence-electron chi connectivity index (χ1n) is 8.62. The topological polar surface area (TPSA) is 75.7 Å². The first kappa shape index (κ1) is 20.7. The van der Waals surface area contributed by atoms with Gasteiger partial charge in [0.1, 0.15) is 5.75 Å². The van der Waals surface area contributed by atoms with Crippen molar-refractivity contribution in [3.8, 4) is 5.75 Å². The van der Waals surface area contributed by atoms with Gasteiger partial charge in [-0.1, -0.05) is 29.8 Å². The number of carbonyl (C=O) groups is 1. The Hall–Kier alpha value is -3.03. The van der Waals surface area contributed by atoms with Gasteiger partial charge in [0.25, 0.3) is 15.9 Å². The summed E-state index contributed by atoms with van der Waals surface area (Å²) in [6, 6.07) is 19.3. The molecule has 3 rings (SSSR count). The fraction of sp³-hybridized carbons (Fsp3) is 0.0952. The van der Waals surface area contributed by atoms with Gasteiger partial charge in [-0.15, -0.1) is 0 Å². The number of nitrogens with zero attached hydrogens (tertiary/aromatic N) is 1. The Morgan fingerprint density at radius 3 is 2.34 bits per heavy atom. The first-order valence-corrected chi connectivity index (χ1v) is 10.4. The van der Waals surface area contributed by atoms with E-state index in [0.29, 0.717) is 27.7 Å². The van der Waals surface area contributed by atoms with E-state index in [4.69, 9.17) is 16.3 Å². The highest BCUT2D eigenvalue weighted by Crippen LogP contribution is 2.26. The minimum absolute atomic E-state index is 0.117. The second-order valence-corrected chi connectivity index (χ2v) is 8.51. The number of sulfonamides is 1. The van der Waals surface area contributed by atoms with Crippen molar-refractivity contribution in [2.24, 2.45) is 0 Å². The predicted molar refractivity (Wildman–Crippen MR) is 114 cm³/mol. The Balaban J connectivity index is 1.85. The molecule has 0 heterocycles. The Labute approximate surface area is 174 Å². The maximum Gasteiger partial charge on any atom is 0.264 e. The zero-order valence-corrected chi connectivity index (χ0v) is 17.4. The lowest BCUT2D eigenvalue weighted by Gasteiger charge is -2.20. The fourth-order valence-corrected chi connectivity index (χ4v) is 4.01. The molecule has 150 valence electrons. The third-order valence-corrected chi connectivity index (χ3v) is 6.44. The molecule has 3 aromatic rings. The average molecular weight is 431 g/mol. The molecule has 3 aromatic carbocycles. The van der Waals surface area contributed by atoms with Crippen molar-refractivity contribution in [3.63, 3.8) is 0 Å². The summed E-state index contributed by atoms with van der Waals surface area (Å²) in [5, 5.41) is 3.14. The van der Waals surface area contributed by atoms with E-state index >= 15 is 0 Å². The second kappa shape index (κ2) is 8.55. The quantitative estimate of drug-likeness (QED) is 0.627. The number of halogens is 1. The zero-order valence-electron chi connectivity index (χ0n) is 15.8. The van der Waals surface area contributed by atoms with E-state index in [1.807, 2.05) is 0 Å². The van der Waals surface area contributed by atoms with Crippen LogP contribution in [0.1, 0.15) is 10.4 Å². The summed E-state index contributed by atoms with van der Waals surface area (Å²) in [4.78, 5) is 12.7. The lowest BCUT2D eigenvalue weighted by atomic mass is 10.2. The SMILES string of the molecule is COc1ccc(S(=O)(=O)N(C)c2cccc(C(=O)Nc3ccccc3Cl)c2)cc1. The van der Waals surface area contributed by atoms with Gasteiger partial charge >= 0.3 is 0 Å². The van der Waals surface area contributed by atoms with Gasteiger partial charge in [0.2, 0.25) is 0 Å². The van der Waals surface area contributed by atoms with Gasteiger partial charge < -0.3 is 10.1 Å². The summed E-state index contributed by atoms with van der Waals surface area (Å²) in [6.07, 6.45) is 0. The molecule has 6 nitrogen and oxygen atoms in total. The maximum absolute atomic E-state index is 12.9. The van der Waals surface area contributed by atoms with E-state index in [0.717, 1.165) is 4.31 Å². The normalized spacial score (nSPS) is 11.0. The molecule has 0 atom stereocenters. The van der Waals surface area contributed by atoms with Gasteiger partial charge in [0, 0.05) is 12.6 Å². The lowest BCUT2D eigenvalue weighted by Crippen LogP contribution is -2.26. The molecule has 0 aliphatic heterocycles. The molecule has 0 saturated heterocycles. The summed E-state index contributed by atoms with van der Waals surface area (Å²) >= 11 is 6.08. The van der Waals surface area contributed by atoms with Gasteiger partial charge in [-0.25, -0.2) is 8.42 Å². The number of ether oxygens (including phenoxy) is 1. The molecular weight excluding hydrogens is 412 g/mol. The number of methoxy groups -OCH3 is 1. The number of anilines is 2. The van der Waals surface area contributed by atoms with Gasteiger partial charge in [0.05, 0.1) is 28.4 Å². The van der Waals surface area contributed by atoms with Crippen LogP contribution in [0.15, 0.2) is 77.7 Å². The third-order valence-electron chi connectivity index (χ3n) is 4.31. The standard InChI is InChI=1S/C21H19ClN2O4S/c1-24(29(26,27)18-12-10-17(28-2)11-13-18)16-7-5-6-15(14-16)21(25)23-20-9-4-3-8-19(20)22/h3-14H,1-2H3,(H,23,25). The fourth-order valence-electron chi connectivity index (χ4n) is 2.64. The third kappa shape index (κ3) is 4.52. The highest BCUT2D eigenvalue weighted by molar-refractivity contribution is 7.92. The van der Waals surface area contributed by atoms with E-state index in [2.05, 4.69) is 5.32 Å². The number of benzene rings is 3. The molecular formula is C21H19ClN2O4S. The number of para-hydroxylation sites is 1. The summed E-state index contributed by atoms with van der Waals surface area (Å²) in [5.74, 6) is 0.167. The van der Waals surface area contributed by atoms with Crippen LogP contribution in [0.3, 0.4) is 0 Å². The van der Waals surface area contributed by atoms with Crippen LogP contribution in [0.25, 0.3) is 0 Å². The van der Waals surface area contributed by atoms with Crippen LogP contribution in [0.5, 0.6) is 5.75 Å². The molecule has 0 aliphatic carbocycles. The van der Waals surface area contributed by atoms with E-state index in [1.165, 1.54) is 32.4 Å². The van der Waals surface area contributed by atoms with Crippen LogP contribution < -0.4 is 14.4 Å². The first-order chi connectivity index (χ1) is 13.8. The van der Waals surface area contributed by atoms with Crippen LogP contribution >= 0.6 is 11.6 Å². The molecule has 0 fully saturated rings.